The summed E-state index contributed by atoms with van der Waals surface area (Å²) in [5, 5.41) is 21.6. The second-order valence-electron chi connectivity index (χ2n) is 2.52. The highest BCUT2D eigenvalue weighted by Crippen LogP contribution is 2.18. The Hall–Kier alpha value is -2.24. The van der Waals surface area contributed by atoms with Gasteiger partial charge in [0.15, 0.2) is 0 Å². The monoisotopic (exact) mass is 195 g/mol. The summed E-state index contributed by atoms with van der Waals surface area (Å²) in [5.74, 6) is -0.184. The van der Waals surface area contributed by atoms with E-state index in [-0.39, 0.29) is 11.5 Å². The molecule has 0 bridgehead atoms. The predicted molar refractivity (Wildman–Crippen MR) is 50.1 cm³/mol. The Morgan fingerprint density at radius 2 is 1.93 bits per heavy atom. The third-order valence-corrected chi connectivity index (χ3v) is 1.31. The van der Waals surface area contributed by atoms with Gasteiger partial charge in [0.05, 0.1) is 6.21 Å². The molecule has 1 aromatic carbocycles. The number of carbonyl (C=O) groups is 1. The zero-order chi connectivity index (χ0) is 10.6. The summed E-state index contributed by atoms with van der Waals surface area (Å²) in [6.07, 6.45) is 1.24. The lowest BCUT2D eigenvalue weighted by Crippen LogP contribution is -2.24. The van der Waals surface area contributed by atoms with Crippen molar-refractivity contribution < 1.29 is 15.0 Å². The first kappa shape index (κ1) is 9.85. The maximum atomic E-state index is 10.2. The van der Waals surface area contributed by atoms with Crippen LogP contribution in [-0.2, 0) is 0 Å². The molecule has 1 aromatic rings. The van der Waals surface area contributed by atoms with Crippen LogP contribution in [0.4, 0.5) is 4.79 Å². The summed E-state index contributed by atoms with van der Waals surface area (Å²) in [5.41, 5.74) is 7.17. The van der Waals surface area contributed by atoms with Crippen molar-refractivity contribution in [1.82, 2.24) is 5.43 Å². The molecule has 0 aromatic heterocycles. The predicted octanol–water partition coefficient (Wildman–Crippen LogP) is 0.1000. The topological polar surface area (TPSA) is 108 Å². The first-order valence-corrected chi connectivity index (χ1v) is 3.69. The second-order valence-corrected chi connectivity index (χ2v) is 2.52. The van der Waals surface area contributed by atoms with Crippen molar-refractivity contribution in [2.75, 3.05) is 0 Å². The van der Waals surface area contributed by atoms with E-state index in [0.717, 1.165) is 0 Å². The molecule has 5 N–H and O–H groups in total. The zero-order valence-electron chi connectivity index (χ0n) is 7.14. The lowest BCUT2D eigenvalue weighted by Gasteiger charge is -1.97. The summed E-state index contributed by atoms with van der Waals surface area (Å²) < 4.78 is 0. The van der Waals surface area contributed by atoms with Gasteiger partial charge < -0.3 is 15.9 Å². The van der Waals surface area contributed by atoms with Crippen LogP contribution in [0, 0.1) is 0 Å². The fourth-order valence-corrected chi connectivity index (χ4v) is 0.863. The number of nitrogens with two attached hydrogens (primary N) is 1. The van der Waals surface area contributed by atoms with Gasteiger partial charge in [0.25, 0.3) is 0 Å². The molecule has 0 aliphatic rings. The highest BCUT2D eigenvalue weighted by Gasteiger charge is 1.96. The van der Waals surface area contributed by atoms with E-state index in [4.69, 9.17) is 15.9 Å². The number of nitrogens with zero attached hydrogens (tertiary/aromatic N) is 1. The summed E-state index contributed by atoms with van der Waals surface area (Å²) in [4.78, 5) is 10.2. The third kappa shape index (κ3) is 3.02. The molecule has 0 radical (unpaired) electrons. The second kappa shape index (κ2) is 4.13. The number of rotatable bonds is 2. The summed E-state index contributed by atoms with van der Waals surface area (Å²) in [6.45, 7) is 0. The number of hydrogen-bond acceptors (Lipinski definition) is 4. The van der Waals surface area contributed by atoms with E-state index in [1.165, 1.54) is 24.4 Å². The number of primary amides is 1. The van der Waals surface area contributed by atoms with Gasteiger partial charge in [-0.05, 0) is 12.1 Å². The number of benzene rings is 1. The van der Waals surface area contributed by atoms with Crippen LogP contribution < -0.4 is 11.2 Å². The lowest BCUT2D eigenvalue weighted by molar-refractivity contribution is 0.249. The van der Waals surface area contributed by atoms with Gasteiger partial charge in [-0.25, -0.2) is 10.2 Å². The average molecular weight is 195 g/mol. The van der Waals surface area contributed by atoms with Crippen LogP contribution in [0.2, 0.25) is 0 Å². The van der Waals surface area contributed by atoms with Gasteiger partial charge in [-0.2, -0.15) is 5.10 Å². The van der Waals surface area contributed by atoms with Crippen LogP contribution in [0.5, 0.6) is 11.5 Å². The fourth-order valence-electron chi connectivity index (χ4n) is 0.863. The van der Waals surface area contributed by atoms with Crippen LogP contribution in [-0.4, -0.2) is 22.5 Å². The summed E-state index contributed by atoms with van der Waals surface area (Å²) in [7, 11) is 0. The Morgan fingerprint density at radius 3 is 2.43 bits per heavy atom. The van der Waals surface area contributed by atoms with Crippen molar-refractivity contribution in [3.05, 3.63) is 23.8 Å². The van der Waals surface area contributed by atoms with E-state index >= 15 is 0 Å². The Labute approximate surface area is 79.7 Å². The largest absolute Gasteiger partial charge is 0.508 e. The minimum Gasteiger partial charge on any atom is -0.508 e. The van der Waals surface area contributed by atoms with Crippen LogP contribution in [0.25, 0.3) is 0 Å². The highest BCUT2D eigenvalue weighted by molar-refractivity contribution is 5.82. The zero-order valence-corrected chi connectivity index (χ0v) is 7.14. The van der Waals surface area contributed by atoms with Crippen molar-refractivity contribution >= 4 is 12.2 Å². The Bertz CT molecular complexity index is 356. The quantitative estimate of drug-likeness (QED) is 0.397. The molecule has 0 unspecified atom stereocenters. The normalized spacial score (nSPS) is 10.3. The van der Waals surface area contributed by atoms with Crippen molar-refractivity contribution in [2.24, 2.45) is 10.8 Å². The minimum atomic E-state index is -0.786. The van der Waals surface area contributed by atoms with Gasteiger partial charge in [0.2, 0.25) is 0 Å². The summed E-state index contributed by atoms with van der Waals surface area (Å²) in [6, 6.07) is 3.13. The van der Waals surface area contributed by atoms with Gasteiger partial charge in [0.1, 0.15) is 11.5 Å². The molecule has 0 spiro atoms. The first-order valence-electron chi connectivity index (χ1n) is 3.69. The molecule has 0 heterocycles. The Kier molecular flexibility index (Phi) is 2.90. The highest BCUT2D eigenvalue weighted by atomic mass is 16.3. The first-order chi connectivity index (χ1) is 6.58. The molecule has 0 aliphatic heterocycles. The maximum Gasteiger partial charge on any atom is 0.332 e. The van der Waals surface area contributed by atoms with E-state index < -0.39 is 6.03 Å². The van der Waals surface area contributed by atoms with Crippen molar-refractivity contribution in [1.29, 1.82) is 0 Å². The lowest BCUT2D eigenvalue weighted by atomic mass is 10.2. The SMILES string of the molecule is NC(=O)NN=Cc1cc(O)cc(O)c1. The van der Waals surface area contributed by atoms with E-state index in [1.54, 1.807) is 0 Å². The molecular formula is C8H9N3O3. The number of aromatic hydroxyl groups is 2. The summed E-state index contributed by atoms with van der Waals surface area (Å²) >= 11 is 0. The number of urea groups is 1. The number of amides is 2. The van der Waals surface area contributed by atoms with Crippen molar-refractivity contribution in [3.8, 4) is 11.5 Å². The van der Waals surface area contributed by atoms with Crippen LogP contribution in [0.1, 0.15) is 5.56 Å². The van der Waals surface area contributed by atoms with Crippen molar-refractivity contribution in [2.45, 2.75) is 0 Å². The third-order valence-electron chi connectivity index (χ3n) is 1.31. The molecular weight excluding hydrogens is 186 g/mol. The number of hydrazone groups is 1. The molecule has 2 amide bonds. The van der Waals surface area contributed by atoms with Crippen LogP contribution in [0.3, 0.4) is 0 Å². The molecule has 0 atom stereocenters. The molecule has 0 saturated heterocycles. The van der Waals surface area contributed by atoms with Crippen LogP contribution >= 0.6 is 0 Å². The molecule has 74 valence electrons. The molecule has 6 nitrogen and oxygen atoms in total. The smallest absolute Gasteiger partial charge is 0.332 e. The number of nitrogens with one attached hydrogen (secondary N) is 1. The van der Waals surface area contributed by atoms with Crippen molar-refractivity contribution in [3.63, 3.8) is 0 Å². The average Bonchev–Trinajstić information content (AvgIpc) is 2.01. The molecule has 0 saturated carbocycles. The van der Waals surface area contributed by atoms with E-state index in [2.05, 4.69) is 5.10 Å². The molecule has 6 heteroatoms. The fraction of sp³-hybridized carbons (Fsp3) is 0. The minimum absolute atomic E-state index is 0.0921. The van der Waals surface area contributed by atoms with Gasteiger partial charge in [-0.3, -0.25) is 0 Å². The maximum absolute atomic E-state index is 10.2. The van der Waals surface area contributed by atoms with Crippen LogP contribution in [0.15, 0.2) is 23.3 Å². The van der Waals surface area contributed by atoms with E-state index in [9.17, 15) is 4.79 Å². The van der Waals surface area contributed by atoms with Gasteiger partial charge in [-0.1, -0.05) is 0 Å². The standard InChI is InChI=1S/C8H9N3O3/c9-8(14)11-10-4-5-1-6(12)3-7(13)2-5/h1-4,12-13H,(H3,9,11,14). The van der Waals surface area contributed by atoms with E-state index in [1.807, 2.05) is 5.43 Å². The number of phenolic OH excluding ortho intramolecular Hbond substituents is 2. The molecule has 0 aliphatic carbocycles. The van der Waals surface area contributed by atoms with Gasteiger partial charge >= 0.3 is 6.03 Å². The number of carbonyl (C=O) groups excluding carboxylic acids is 1. The van der Waals surface area contributed by atoms with Gasteiger partial charge in [-0.15, -0.1) is 0 Å². The number of hydrogen-bond donors (Lipinski definition) is 4. The van der Waals surface area contributed by atoms with Gasteiger partial charge in [0, 0.05) is 11.6 Å². The molecule has 0 fully saturated rings. The Balaban J connectivity index is 2.76. The molecule has 1 rings (SSSR count). The molecule has 14 heavy (non-hydrogen) atoms. The Morgan fingerprint density at radius 1 is 1.36 bits per heavy atom. The number of phenols is 2. The van der Waals surface area contributed by atoms with E-state index in [0.29, 0.717) is 5.56 Å².